The van der Waals surface area contributed by atoms with Crippen LogP contribution in [0, 0.1) is 0 Å². The van der Waals surface area contributed by atoms with Crippen LogP contribution in [0.3, 0.4) is 0 Å². The molecule has 0 fully saturated rings. The number of para-hydroxylation sites is 2. The number of benzene rings is 8. The van der Waals surface area contributed by atoms with Crippen molar-refractivity contribution in [2.24, 2.45) is 0 Å². The molecule has 0 spiro atoms. The molecule has 0 bridgehead atoms. The topological polar surface area (TPSA) is 30.7 Å². The summed E-state index contributed by atoms with van der Waals surface area (Å²) in [4.78, 5) is 10.6. The summed E-state index contributed by atoms with van der Waals surface area (Å²) < 4.78 is 5.11. The van der Waals surface area contributed by atoms with Crippen molar-refractivity contribution in [3.8, 4) is 39.5 Å². The highest BCUT2D eigenvalue weighted by atomic mass is 32.1. The van der Waals surface area contributed by atoms with Crippen LogP contribution in [0.5, 0.6) is 0 Å². The van der Waals surface area contributed by atoms with Crippen molar-refractivity contribution >= 4 is 75.0 Å². The highest BCUT2D eigenvalue weighted by Crippen LogP contribution is 2.50. The van der Waals surface area contributed by atoms with Crippen molar-refractivity contribution in [1.29, 1.82) is 0 Å². The lowest BCUT2D eigenvalue weighted by Crippen LogP contribution is -2.15. The Hall–Kier alpha value is -6.62. The van der Waals surface area contributed by atoms with Crippen LogP contribution in [0.4, 0.5) is 0 Å². The van der Waals surface area contributed by atoms with Crippen molar-refractivity contribution in [2.45, 2.75) is 19.3 Å². The van der Waals surface area contributed by atoms with Gasteiger partial charge in [0.15, 0.2) is 5.82 Å². The first-order valence-corrected chi connectivity index (χ1v) is 19.7. The van der Waals surface area contributed by atoms with E-state index in [9.17, 15) is 0 Å². The number of hydrogen-bond donors (Lipinski definition) is 0. The van der Waals surface area contributed by atoms with Gasteiger partial charge >= 0.3 is 0 Å². The second-order valence-electron chi connectivity index (χ2n) is 15.3. The van der Waals surface area contributed by atoms with Gasteiger partial charge in [0.25, 0.3) is 0 Å². The molecular formula is C51H33N3S. The fraction of sp³-hybridized carbons (Fsp3) is 0.0588. The Balaban J connectivity index is 1.09. The van der Waals surface area contributed by atoms with Gasteiger partial charge in [-0.3, -0.25) is 0 Å². The number of nitrogens with zero attached hydrogens (tertiary/aromatic N) is 3. The quantitative estimate of drug-likeness (QED) is 0.182. The van der Waals surface area contributed by atoms with Crippen LogP contribution in [0.25, 0.3) is 103 Å². The van der Waals surface area contributed by atoms with E-state index in [1.807, 2.05) is 11.3 Å². The summed E-state index contributed by atoms with van der Waals surface area (Å²) >= 11 is 1.90. The molecule has 12 rings (SSSR count). The van der Waals surface area contributed by atoms with E-state index in [1.54, 1.807) is 0 Å². The second-order valence-corrected chi connectivity index (χ2v) is 16.4. The first kappa shape index (κ1) is 30.8. The van der Waals surface area contributed by atoms with E-state index in [4.69, 9.17) is 9.97 Å². The molecule has 0 radical (unpaired) electrons. The number of hydrogen-bond acceptors (Lipinski definition) is 3. The first-order valence-electron chi connectivity index (χ1n) is 18.9. The average Bonchev–Trinajstić information content (AvgIpc) is 3.87. The lowest BCUT2D eigenvalue weighted by molar-refractivity contribution is 0.660. The number of aromatic nitrogens is 3. The molecule has 258 valence electrons. The molecule has 3 aromatic heterocycles. The molecule has 0 unspecified atom stereocenters. The van der Waals surface area contributed by atoms with Crippen LogP contribution in [0.2, 0.25) is 0 Å². The predicted octanol–water partition coefficient (Wildman–Crippen LogP) is 13.9. The van der Waals surface area contributed by atoms with E-state index in [0.717, 1.165) is 39.2 Å². The molecule has 0 atom stereocenters. The average molecular weight is 720 g/mol. The van der Waals surface area contributed by atoms with Crippen molar-refractivity contribution in [1.82, 2.24) is 14.5 Å². The van der Waals surface area contributed by atoms with Crippen molar-refractivity contribution in [2.75, 3.05) is 0 Å². The summed E-state index contributed by atoms with van der Waals surface area (Å²) in [5, 5.41) is 8.82. The molecule has 0 N–H and O–H groups in total. The third-order valence-electron chi connectivity index (χ3n) is 12.0. The standard InChI is InChI=1S/C51H33N3S/c1-51(2)40-22-9-5-16-33(40)34-27-26-30(29-41(34)51)47-37-19-6-10-23-42(37)52-50(53-47)31-14-13-15-32(28-31)54-43-24-11-7-20-38(43)46-48(54)36-18-4-3-17-35(36)45-39-21-8-12-25-44(39)55-49(45)46/h3-29H,1-2H3. The van der Waals surface area contributed by atoms with Crippen LogP contribution in [-0.2, 0) is 5.41 Å². The Labute approximate surface area is 321 Å². The van der Waals surface area contributed by atoms with Crippen molar-refractivity contribution < 1.29 is 0 Å². The van der Waals surface area contributed by atoms with Gasteiger partial charge in [0, 0.05) is 63.9 Å². The number of rotatable bonds is 3. The van der Waals surface area contributed by atoms with Gasteiger partial charge in [0.1, 0.15) is 0 Å². The van der Waals surface area contributed by atoms with Gasteiger partial charge in [0.2, 0.25) is 0 Å². The largest absolute Gasteiger partial charge is 0.309 e. The lowest BCUT2D eigenvalue weighted by atomic mass is 9.82. The Bertz CT molecular complexity index is 3420. The molecule has 3 heterocycles. The van der Waals surface area contributed by atoms with Crippen molar-refractivity contribution in [3.05, 3.63) is 175 Å². The molecule has 4 heteroatoms. The smallest absolute Gasteiger partial charge is 0.160 e. The van der Waals surface area contributed by atoms with Gasteiger partial charge in [-0.25, -0.2) is 9.97 Å². The van der Waals surface area contributed by atoms with E-state index in [2.05, 4.69) is 182 Å². The van der Waals surface area contributed by atoms with Gasteiger partial charge in [-0.05, 0) is 64.0 Å². The number of fused-ring (bicyclic) bond motifs is 14. The minimum absolute atomic E-state index is 0.101. The Morgan fingerprint density at radius 1 is 0.509 bits per heavy atom. The van der Waals surface area contributed by atoms with E-state index < -0.39 is 0 Å². The lowest BCUT2D eigenvalue weighted by Gasteiger charge is -2.22. The zero-order valence-electron chi connectivity index (χ0n) is 30.3. The van der Waals surface area contributed by atoms with Crippen LogP contribution >= 0.6 is 11.3 Å². The maximum Gasteiger partial charge on any atom is 0.160 e. The summed E-state index contributed by atoms with van der Waals surface area (Å²) in [6.07, 6.45) is 0. The monoisotopic (exact) mass is 719 g/mol. The minimum atomic E-state index is -0.101. The second kappa shape index (κ2) is 11.2. The molecule has 3 nitrogen and oxygen atoms in total. The molecule has 1 aliphatic rings. The predicted molar refractivity (Wildman–Crippen MR) is 233 cm³/mol. The van der Waals surface area contributed by atoms with Gasteiger partial charge in [-0.15, -0.1) is 11.3 Å². The van der Waals surface area contributed by atoms with E-state index in [0.29, 0.717) is 0 Å². The summed E-state index contributed by atoms with van der Waals surface area (Å²) in [5.74, 6) is 0.719. The van der Waals surface area contributed by atoms with Crippen LogP contribution < -0.4 is 0 Å². The summed E-state index contributed by atoms with van der Waals surface area (Å²) in [6, 6.07) is 59.5. The molecule has 0 amide bonds. The SMILES string of the molecule is CC1(C)c2ccccc2-c2ccc(-c3nc(-c4cccc(-n5c6ccccc6c6c7sc8ccccc8c7c7ccccc7c65)c4)nc4ccccc34)cc21. The molecule has 0 aliphatic heterocycles. The maximum absolute atomic E-state index is 5.41. The molecule has 0 saturated carbocycles. The molecule has 55 heavy (non-hydrogen) atoms. The fourth-order valence-electron chi connectivity index (χ4n) is 9.45. The van der Waals surface area contributed by atoms with Crippen molar-refractivity contribution in [3.63, 3.8) is 0 Å². The summed E-state index contributed by atoms with van der Waals surface area (Å²) in [7, 11) is 0. The van der Waals surface area contributed by atoms with Crippen LogP contribution in [0.15, 0.2) is 164 Å². The summed E-state index contributed by atoms with van der Waals surface area (Å²) in [5.41, 5.74) is 12.7. The summed E-state index contributed by atoms with van der Waals surface area (Å²) in [6.45, 7) is 4.67. The first-order chi connectivity index (χ1) is 27.0. The normalized spacial score (nSPS) is 13.4. The highest BCUT2D eigenvalue weighted by Gasteiger charge is 2.35. The third kappa shape index (κ3) is 4.26. The molecule has 8 aromatic carbocycles. The van der Waals surface area contributed by atoms with E-state index >= 15 is 0 Å². The van der Waals surface area contributed by atoms with Gasteiger partial charge in [-0.1, -0.05) is 141 Å². The highest BCUT2D eigenvalue weighted by molar-refractivity contribution is 7.27. The Morgan fingerprint density at radius 2 is 1.22 bits per heavy atom. The fourth-order valence-corrected chi connectivity index (χ4v) is 10.7. The Kier molecular flexibility index (Phi) is 6.27. The minimum Gasteiger partial charge on any atom is -0.309 e. The Morgan fingerprint density at radius 3 is 2.11 bits per heavy atom. The van der Waals surface area contributed by atoms with Crippen LogP contribution in [0.1, 0.15) is 25.0 Å². The zero-order valence-corrected chi connectivity index (χ0v) is 31.2. The molecule has 1 aliphatic carbocycles. The number of thiophene rings is 1. The van der Waals surface area contributed by atoms with Gasteiger partial charge < -0.3 is 4.57 Å². The van der Waals surface area contributed by atoms with E-state index in [-0.39, 0.29) is 5.41 Å². The van der Waals surface area contributed by atoms with Gasteiger partial charge in [-0.2, -0.15) is 0 Å². The van der Waals surface area contributed by atoms with Gasteiger partial charge in [0.05, 0.1) is 22.2 Å². The molecule has 11 aromatic rings. The zero-order chi connectivity index (χ0) is 36.4. The maximum atomic E-state index is 5.41. The third-order valence-corrected chi connectivity index (χ3v) is 13.2. The molecule has 0 saturated heterocycles. The van der Waals surface area contributed by atoms with E-state index in [1.165, 1.54) is 75.0 Å². The van der Waals surface area contributed by atoms with Crippen LogP contribution in [-0.4, -0.2) is 14.5 Å². The molecular weight excluding hydrogens is 687 g/mol.